The molecule has 2 saturated carbocycles. The Labute approximate surface area is 213 Å². The van der Waals surface area contributed by atoms with Crippen molar-refractivity contribution in [1.82, 2.24) is 20.3 Å². The highest BCUT2D eigenvalue weighted by atomic mass is 32.2. The van der Waals surface area contributed by atoms with Gasteiger partial charge in [0, 0.05) is 54.3 Å². The average Bonchev–Trinajstić information content (AvgIpc) is 3.57. The number of benzene rings is 1. The normalized spacial score (nSPS) is 26.4. The van der Waals surface area contributed by atoms with E-state index in [0.717, 1.165) is 38.8 Å². The van der Waals surface area contributed by atoms with Gasteiger partial charge in [-0.15, -0.1) is 23.1 Å². The molecule has 2 fully saturated rings. The first-order valence-corrected chi connectivity index (χ1v) is 14.4. The molecule has 7 nitrogen and oxygen atoms in total. The van der Waals surface area contributed by atoms with Gasteiger partial charge in [-0.3, -0.25) is 4.79 Å². The smallest absolute Gasteiger partial charge is 0.251 e. The zero-order chi connectivity index (χ0) is 24.4. The lowest BCUT2D eigenvalue weighted by Crippen LogP contribution is -2.33. The summed E-state index contributed by atoms with van der Waals surface area (Å²) in [5.41, 5.74) is 1.55. The van der Waals surface area contributed by atoms with Gasteiger partial charge in [-0.1, -0.05) is 0 Å². The van der Waals surface area contributed by atoms with E-state index in [1.807, 2.05) is 36.8 Å². The number of rotatable bonds is 8. The van der Waals surface area contributed by atoms with Gasteiger partial charge in [-0.25, -0.2) is 15.0 Å². The number of fused-ring (bicyclic) bond motifs is 1. The first-order valence-electron chi connectivity index (χ1n) is 12.3. The molecule has 0 radical (unpaired) electrons. The molecule has 0 spiro atoms. The number of nitrogens with one attached hydrogen (secondary N) is 1. The number of thioether (sulfide) groups is 1. The molecule has 2 aromatic heterocycles. The molecule has 0 bridgehead atoms. The molecule has 35 heavy (non-hydrogen) atoms. The van der Waals surface area contributed by atoms with Crippen LogP contribution in [0.3, 0.4) is 0 Å². The van der Waals surface area contributed by atoms with Gasteiger partial charge < -0.3 is 15.5 Å². The minimum atomic E-state index is -0.555. The quantitative estimate of drug-likeness (QED) is 0.393. The van der Waals surface area contributed by atoms with E-state index < -0.39 is 6.10 Å². The number of aliphatic hydroxyl groups is 2. The van der Waals surface area contributed by atoms with Crippen LogP contribution in [-0.2, 0) is 12.8 Å². The molecule has 3 N–H and O–H groups in total. The number of nitrogens with zero attached hydrogens (tertiary/aromatic N) is 3. The van der Waals surface area contributed by atoms with Crippen molar-refractivity contribution in [3.8, 4) is 0 Å². The highest BCUT2D eigenvalue weighted by Crippen LogP contribution is 2.36. The molecular formula is C26H32N4O3S2. The van der Waals surface area contributed by atoms with Crippen LogP contribution in [0.5, 0.6) is 0 Å². The maximum atomic E-state index is 12.8. The lowest BCUT2D eigenvalue weighted by Gasteiger charge is -2.12. The van der Waals surface area contributed by atoms with Gasteiger partial charge in [0.15, 0.2) is 0 Å². The summed E-state index contributed by atoms with van der Waals surface area (Å²) < 4.78 is 1.03. The van der Waals surface area contributed by atoms with E-state index in [0.29, 0.717) is 30.2 Å². The van der Waals surface area contributed by atoms with Crippen molar-refractivity contribution in [2.75, 3.05) is 12.9 Å². The molecule has 5 atom stereocenters. The van der Waals surface area contributed by atoms with E-state index in [9.17, 15) is 15.0 Å². The summed E-state index contributed by atoms with van der Waals surface area (Å²) in [6.45, 7) is -0.0516. The van der Waals surface area contributed by atoms with Crippen molar-refractivity contribution in [2.24, 2.45) is 17.8 Å². The lowest BCUT2D eigenvalue weighted by atomic mass is 9.99. The van der Waals surface area contributed by atoms with Crippen molar-refractivity contribution in [2.45, 2.75) is 62.0 Å². The number of thiazole rings is 1. The molecule has 0 aliphatic heterocycles. The summed E-state index contributed by atoms with van der Waals surface area (Å²) >= 11 is 3.34. The Morgan fingerprint density at radius 1 is 1.14 bits per heavy atom. The first kappa shape index (κ1) is 24.6. The molecular weight excluding hydrogens is 480 g/mol. The van der Waals surface area contributed by atoms with E-state index in [-0.39, 0.29) is 24.5 Å². The Hall–Kier alpha value is -2.07. The predicted octanol–water partition coefficient (Wildman–Crippen LogP) is 3.87. The first-order chi connectivity index (χ1) is 17.0. The van der Waals surface area contributed by atoms with Crippen LogP contribution in [-0.4, -0.2) is 56.1 Å². The third-order valence-electron chi connectivity index (χ3n) is 7.42. The number of aliphatic hydroxyl groups excluding tert-OH is 2. The molecule has 5 rings (SSSR count). The lowest BCUT2D eigenvalue weighted by molar-refractivity contribution is 0.0903. The second kappa shape index (κ2) is 10.9. The van der Waals surface area contributed by atoms with Crippen LogP contribution in [0.4, 0.5) is 0 Å². The highest BCUT2D eigenvalue weighted by molar-refractivity contribution is 7.98. The van der Waals surface area contributed by atoms with E-state index in [2.05, 4.69) is 15.3 Å². The van der Waals surface area contributed by atoms with Crippen LogP contribution in [0.25, 0.3) is 10.2 Å². The Morgan fingerprint density at radius 3 is 2.63 bits per heavy atom. The van der Waals surface area contributed by atoms with E-state index >= 15 is 0 Å². The zero-order valence-electron chi connectivity index (χ0n) is 19.9. The summed E-state index contributed by atoms with van der Waals surface area (Å²) in [7, 11) is 0. The van der Waals surface area contributed by atoms with Crippen LogP contribution < -0.4 is 5.32 Å². The van der Waals surface area contributed by atoms with Gasteiger partial charge in [0.05, 0.1) is 21.3 Å². The van der Waals surface area contributed by atoms with E-state index in [4.69, 9.17) is 4.98 Å². The van der Waals surface area contributed by atoms with Crippen LogP contribution in [0.1, 0.15) is 53.3 Å². The number of aromatic nitrogens is 3. The van der Waals surface area contributed by atoms with E-state index in [1.165, 1.54) is 19.3 Å². The van der Waals surface area contributed by atoms with Crippen molar-refractivity contribution < 1.29 is 15.0 Å². The summed E-state index contributed by atoms with van der Waals surface area (Å²) in [5, 5.41) is 23.5. The minimum absolute atomic E-state index is 0.0516. The summed E-state index contributed by atoms with van der Waals surface area (Å²) in [4.78, 5) is 27.7. The molecule has 0 unspecified atom stereocenters. The topological polar surface area (TPSA) is 108 Å². The van der Waals surface area contributed by atoms with E-state index in [1.54, 1.807) is 23.1 Å². The van der Waals surface area contributed by atoms with Gasteiger partial charge in [0.2, 0.25) is 0 Å². The third kappa shape index (κ3) is 5.85. The van der Waals surface area contributed by atoms with Crippen LogP contribution in [0, 0.1) is 17.8 Å². The zero-order valence-corrected chi connectivity index (χ0v) is 21.5. The van der Waals surface area contributed by atoms with Gasteiger partial charge in [-0.2, -0.15) is 0 Å². The Balaban J connectivity index is 1.17. The van der Waals surface area contributed by atoms with Gasteiger partial charge >= 0.3 is 0 Å². The monoisotopic (exact) mass is 512 g/mol. The van der Waals surface area contributed by atoms with Crippen LogP contribution >= 0.6 is 23.1 Å². The van der Waals surface area contributed by atoms with Crippen molar-refractivity contribution in [3.63, 3.8) is 0 Å². The molecule has 0 saturated heterocycles. The molecule has 2 heterocycles. The van der Waals surface area contributed by atoms with Crippen molar-refractivity contribution >= 4 is 39.2 Å². The second-order valence-corrected chi connectivity index (χ2v) is 11.9. The fourth-order valence-corrected chi connectivity index (χ4v) is 6.93. The maximum Gasteiger partial charge on any atom is 0.251 e. The highest BCUT2D eigenvalue weighted by Gasteiger charge is 2.33. The van der Waals surface area contributed by atoms with Gasteiger partial charge in [-0.05, 0) is 68.4 Å². The Bertz CT molecular complexity index is 1170. The van der Waals surface area contributed by atoms with Gasteiger partial charge in [0.1, 0.15) is 5.82 Å². The van der Waals surface area contributed by atoms with Crippen LogP contribution in [0.2, 0.25) is 0 Å². The van der Waals surface area contributed by atoms with Crippen LogP contribution in [0.15, 0.2) is 35.5 Å². The number of amides is 1. The molecule has 2 aliphatic carbocycles. The molecule has 2 aliphatic rings. The fourth-order valence-electron chi connectivity index (χ4n) is 5.49. The maximum absolute atomic E-state index is 12.8. The average molecular weight is 513 g/mol. The molecule has 186 valence electrons. The van der Waals surface area contributed by atoms with Crippen molar-refractivity contribution in [3.05, 3.63) is 47.0 Å². The SMILES string of the molecule is CSc1cnc(C[C@H]2CC[C@H](Cc3nc4ccc(C(=O)N[C@@H]5C[C@@H](CO)[C@@H](O)C5)cc4s3)C2)nc1. The predicted molar refractivity (Wildman–Crippen MR) is 139 cm³/mol. The molecule has 1 aromatic carbocycles. The standard InChI is InChI=1S/C26H32N4O3S2/c1-34-20-12-27-24(28-13-20)7-15-2-3-16(6-15)8-25-30-21-5-4-17(10-23(21)35-25)26(33)29-19-9-18(14-31)22(32)11-19/h4-5,10,12-13,15-16,18-19,22,31-32H,2-3,6-9,11,14H2,1H3,(H,29,33)/t15-,16-,18-,19+,22-/m0/s1. The number of carbonyl (C=O) groups is 1. The number of carbonyl (C=O) groups excluding carboxylic acids is 1. The molecule has 9 heteroatoms. The summed E-state index contributed by atoms with van der Waals surface area (Å²) in [5.74, 6) is 1.91. The summed E-state index contributed by atoms with van der Waals surface area (Å²) in [6, 6.07) is 5.57. The van der Waals surface area contributed by atoms with Crippen molar-refractivity contribution in [1.29, 1.82) is 0 Å². The Morgan fingerprint density at radius 2 is 1.91 bits per heavy atom. The molecule has 1 amide bonds. The third-order valence-corrected chi connectivity index (χ3v) is 9.15. The number of hydrogen-bond acceptors (Lipinski definition) is 8. The second-order valence-electron chi connectivity index (χ2n) is 9.93. The van der Waals surface area contributed by atoms with Gasteiger partial charge in [0.25, 0.3) is 5.91 Å². The Kier molecular flexibility index (Phi) is 7.67. The summed E-state index contributed by atoms with van der Waals surface area (Å²) in [6.07, 6.45) is 11.9. The fraction of sp³-hybridized carbons (Fsp3) is 0.538. The minimum Gasteiger partial charge on any atom is -0.396 e. The largest absolute Gasteiger partial charge is 0.396 e. The molecule has 3 aromatic rings. The number of hydrogen-bond donors (Lipinski definition) is 3.